The van der Waals surface area contributed by atoms with Gasteiger partial charge in [-0.2, -0.15) is 0 Å². The Hall–Kier alpha value is -1.33. The fraction of sp³-hybridized carbons (Fsp3) is 0.571. The van der Waals surface area contributed by atoms with Gasteiger partial charge in [-0.25, -0.2) is 4.98 Å². The summed E-state index contributed by atoms with van der Waals surface area (Å²) in [6.07, 6.45) is 2.46. The van der Waals surface area contributed by atoms with Crippen LogP contribution in [-0.2, 0) is 4.74 Å². The van der Waals surface area contributed by atoms with Crippen LogP contribution in [0.25, 0.3) is 0 Å². The molecule has 2 N–H and O–H groups in total. The Morgan fingerprint density at radius 3 is 2.80 bits per heavy atom. The van der Waals surface area contributed by atoms with Crippen LogP contribution < -0.4 is 10.6 Å². The maximum atomic E-state index is 12.3. The summed E-state index contributed by atoms with van der Waals surface area (Å²) in [4.78, 5) is 16.4. The Kier molecular flexibility index (Phi) is 6.23. The van der Waals surface area contributed by atoms with Crippen molar-refractivity contribution in [2.45, 2.75) is 32.7 Å². The third-order valence-electron chi connectivity index (χ3n) is 2.61. The molecule has 112 valence electrons. The van der Waals surface area contributed by atoms with E-state index in [2.05, 4.69) is 22.5 Å². The van der Waals surface area contributed by atoms with Crippen LogP contribution in [0.5, 0.6) is 0 Å². The van der Waals surface area contributed by atoms with Crippen molar-refractivity contribution in [3.8, 4) is 0 Å². The van der Waals surface area contributed by atoms with E-state index in [1.807, 2.05) is 13.8 Å². The van der Waals surface area contributed by atoms with E-state index in [0.717, 1.165) is 13.0 Å². The van der Waals surface area contributed by atoms with E-state index < -0.39 is 5.54 Å². The van der Waals surface area contributed by atoms with Crippen molar-refractivity contribution >= 4 is 23.3 Å². The van der Waals surface area contributed by atoms with Crippen LogP contribution in [0.1, 0.15) is 37.6 Å². The lowest BCUT2D eigenvalue weighted by molar-refractivity contribution is 0.0820. The zero-order valence-corrected chi connectivity index (χ0v) is 13.2. The van der Waals surface area contributed by atoms with Crippen molar-refractivity contribution in [2.24, 2.45) is 0 Å². The van der Waals surface area contributed by atoms with Gasteiger partial charge in [-0.3, -0.25) is 4.79 Å². The van der Waals surface area contributed by atoms with Gasteiger partial charge in [-0.05, 0) is 26.3 Å². The Balaban J connectivity index is 2.86. The van der Waals surface area contributed by atoms with Crippen LogP contribution in [0, 0.1) is 0 Å². The van der Waals surface area contributed by atoms with Crippen molar-refractivity contribution in [2.75, 3.05) is 25.6 Å². The first kappa shape index (κ1) is 16.7. The predicted molar refractivity (Wildman–Crippen MR) is 81.4 cm³/mol. The lowest BCUT2D eigenvalue weighted by Crippen LogP contribution is -2.46. The van der Waals surface area contributed by atoms with E-state index in [9.17, 15) is 4.79 Å². The van der Waals surface area contributed by atoms with E-state index in [4.69, 9.17) is 16.3 Å². The average molecular weight is 300 g/mol. The van der Waals surface area contributed by atoms with Crippen molar-refractivity contribution < 1.29 is 9.53 Å². The molecule has 6 heteroatoms. The summed E-state index contributed by atoms with van der Waals surface area (Å²) in [6.45, 7) is 7.05. The van der Waals surface area contributed by atoms with Crippen molar-refractivity contribution in [3.63, 3.8) is 0 Å². The van der Waals surface area contributed by atoms with Gasteiger partial charge in [0, 0.05) is 19.9 Å². The lowest BCUT2D eigenvalue weighted by atomic mass is 10.1. The van der Waals surface area contributed by atoms with E-state index in [0.29, 0.717) is 23.0 Å². The second-order valence-corrected chi connectivity index (χ2v) is 5.65. The van der Waals surface area contributed by atoms with Gasteiger partial charge in [0.2, 0.25) is 0 Å². The molecule has 0 aliphatic heterocycles. The number of ether oxygens (including phenoxy) is 1. The quantitative estimate of drug-likeness (QED) is 0.812. The van der Waals surface area contributed by atoms with Gasteiger partial charge in [-0.15, -0.1) is 0 Å². The smallest absolute Gasteiger partial charge is 0.253 e. The molecule has 1 aromatic rings. The number of hydrogen-bond donors (Lipinski definition) is 2. The number of nitrogens with one attached hydrogen (secondary N) is 2. The minimum atomic E-state index is -0.463. The number of carbonyl (C=O) groups excluding carboxylic acids is 1. The minimum Gasteiger partial charge on any atom is -0.382 e. The largest absolute Gasteiger partial charge is 0.382 e. The van der Waals surface area contributed by atoms with Crippen LogP contribution in [-0.4, -0.2) is 36.7 Å². The highest BCUT2D eigenvalue weighted by molar-refractivity contribution is 6.33. The van der Waals surface area contributed by atoms with Crippen LogP contribution in [0.4, 0.5) is 5.82 Å². The van der Waals surface area contributed by atoms with E-state index in [1.165, 1.54) is 6.20 Å². The third-order valence-corrected chi connectivity index (χ3v) is 2.91. The molecule has 20 heavy (non-hydrogen) atoms. The molecule has 0 aliphatic rings. The summed E-state index contributed by atoms with van der Waals surface area (Å²) in [5.41, 5.74) is -0.0560. The summed E-state index contributed by atoms with van der Waals surface area (Å²) in [7, 11) is 1.60. The van der Waals surface area contributed by atoms with Gasteiger partial charge in [0.05, 0.1) is 22.7 Å². The lowest BCUT2D eigenvalue weighted by Gasteiger charge is -2.25. The monoisotopic (exact) mass is 299 g/mol. The Bertz CT molecular complexity index is 464. The molecule has 0 bridgehead atoms. The molecule has 5 nitrogen and oxygen atoms in total. The molecular weight excluding hydrogens is 278 g/mol. The first-order chi connectivity index (χ1) is 9.39. The number of halogens is 1. The minimum absolute atomic E-state index is 0.237. The highest BCUT2D eigenvalue weighted by atomic mass is 35.5. The normalized spacial score (nSPS) is 11.2. The number of carbonyl (C=O) groups is 1. The zero-order valence-electron chi connectivity index (χ0n) is 12.4. The van der Waals surface area contributed by atoms with Crippen molar-refractivity contribution in [1.82, 2.24) is 10.3 Å². The summed E-state index contributed by atoms with van der Waals surface area (Å²) >= 11 is 6.05. The number of nitrogens with zero attached hydrogens (tertiary/aromatic N) is 1. The number of aromatic nitrogens is 1. The second-order valence-electron chi connectivity index (χ2n) is 5.25. The summed E-state index contributed by atoms with van der Waals surface area (Å²) in [6, 6.07) is 1.66. The van der Waals surface area contributed by atoms with Crippen LogP contribution in [0.3, 0.4) is 0 Å². The number of amides is 1. The predicted octanol–water partition coefficient (Wildman–Crippen LogP) is 2.71. The number of methoxy groups -OCH3 is 1. The average Bonchev–Trinajstić information content (AvgIpc) is 2.36. The summed E-state index contributed by atoms with van der Waals surface area (Å²) in [5.74, 6) is 0.407. The van der Waals surface area contributed by atoms with E-state index in [-0.39, 0.29) is 5.91 Å². The fourth-order valence-corrected chi connectivity index (χ4v) is 1.92. The molecule has 0 aromatic carbocycles. The first-order valence-corrected chi connectivity index (χ1v) is 6.98. The first-order valence-electron chi connectivity index (χ1n) is 6.60. The second kappa shape index (κ2) is 7.45. The van der Waals surface area contributed by atoms with Crippen LogP contribution in [0.15, 0.2) is 12.3 Å². The maximum absolute atomic E-state index is 12.3. The van der Waals surface area contributed by atoms with Gasteiger partial charge in [-0.1, -0.05) is 18.5 Å². The zero-order chi connectivity index (χ0) is 15.2. The molecular formula is C14H22ClN3O2. The molecule has 0 aliphatic carbocycles. The highest BCUT2D eigenvalue weighted by Gasteiger charge is 2.22. The summed E-state index contributed by atoms with van der Waals surface area (Å²) in [5, 5.41) is 6.36. The van der Waals surface area contributed by atoms with Gasteiger partial charge in [0.1, 0.15) is 5.82 Å². The van der Waals surface area contributed by atoms with Crippen LogP contribution >= 0.6 is 11.6 Å². The van der Waals surface area contributed by atoms with Crippen molar-refractivity contribution in [1.29, 1.82) is 0 Å². The molecule has 1 aromatic heterocycles. The standard InChI is InChI=1S/C14H22ClN3O2/c1-5-6-16-12-7-10(11(15)8-17-12)13(19)18-14(2,3)9-20-4/h7-8H,5-6,9H2,1-4H3,(H,16,17)(H,18,19). The molecule has 0 unspecified atom stereocenters. The number of pyridine rings is 1. The summed E-state index contributed by atoms with van der Waals surface area (Å²) < 4.78 is 5.08. The number of anilines is 1. The van der Waals surface area contributed by atoms with E-state index >= 15 is 0 Å². The third kappa shape index (κ3) is 4.98. The molecule has 0 atom stereocenters. The SMILES string of the molecule is CCCNc1cc(C(=O)NC(C)(C)COC)c(Cl)cn1. The molecule has 1 amide bonds. The van der Waals surface area contributed by atoms with Crippen LogP contribution in [0.2, 0.25) is 5.02 Å². The Morgan fingerprint density at radius 1 is 1.50 bits per heavy atom. The number of rotatable bonds is 7. The fourth-order valence-electron chi connectivity index (χ4n) is 1.73. The molecule has 1 rings (SSSR count). The molecule has 0 spiro atoms. The Morgan fingerprint density at radius 2 is 2.20 bits per heavy atom. The van der Waals surface area contributed by atoms with Crippen molar-refractivity contribution in [3.05, 3.63) is 22.8 Å². The van der Waals surface area contributed by atoms with Gasteiger partial charge < -0.3 is 15.4 Å². The molecule has 0 radical (unpaired) electrons. The van der Waals surface area contributed by atoms with Gasteiger partial charge in [0.15, 0.2) is 0 Å². The Labute approximate surface area is 125 Å². The maximum Gasteiger partial charge on any atom is 0.253 e. The van der Waals surface area contributed by atoms with Gasteiger partial charge >= 0.3 is 0 Å². The highest BCUT2D eigenvalue weighted by Crippen LogP contribution is 2.19. The molecule has 0 saturated heterocycles. The molecule has 0 fully saturated rings. The molecule has 1 heterocycles. The molecule has 0 saturated carbocycles. The topological polar surface area (TPSA) is 63.2 Å². The van der Waals surface area contributed by atoms with E-state index in [1.54, 1.807) is 13.2 Å². The van der Waals surface area contributed by atoms with Gasteiger partial charge in [0.25, 0.3) is 5.91 Å². The number of hydrogen-bond acceptors (Lipinski definition) is 4.